The van der Waals surface area contributed by atoms with E-state index in [0.29, 0.717) is 5.56 Å². The molecule has 0 amide bonds. The second-order valence-electron chi connectivity index (χ2n) is 4.58. The summed E-state index contributed by atoms with van der Waals surface area (Å²) in [5.41, 5.74) is -0.272. The average molecular weight is 249 g/mol. The molecule has 0 saturated heterocycles. The molecule has 0 radical (unpaired) electrons. The SMILES string of the molecule is CC(C)(CNCC(F)(F)F)c1ccccc1F. The van der Waals surface area contributed by atoms with E-state index < -0.39 is 24.0 Å². The summed E-state index contributed by atoms with van der Waals surface area (Å²) in [5.74, 6) is -0.397. The van der Waals surface area contributed by atoms with E-state index in [1.54, 1.807) is 32.0 Å². The summed E-state index contributed by atoms with van der Waals surface area (Å²) in [6, 6.07) is 6.12. The van der Waals surface area contributed by atoms with Gasteiger partial charge in [0.2, 0.25) is 0 Å². The normalized spacial score (nSPS) is 12.8. The van der Waals surface area contributed by atoms with Gasteiger partial charge in [0.15, 0.2) is 0 Å². The Balaban J connectivity index is 2.66. The number of halogens is 4. The van der Waals surface area contributed by atoms with Crippen LogP contribution < -0.4 is 5.32 Å². The lowest BCUT2D eigenvalue weighted by Crippen LogP contribution is -2.38. The predicted octanol–water partition coefficient (Wildman–Crippen LogP) is 3.26. The van der Waals surface area contributed by atoms with Crippen LogP contribution in [0, 0.1) is 5.82 Å². The molecule has 0 heterocycles. The van der Waals surface area contributed by atoms with Crippen LogP contribution in [0.15, 0.2) is 24.3 Å². The van der Waals surface area contributed by atoms with Crippen LogP contribution in [-0.2, 0) is 5.41 Å². The van der Waals surface area contributed by atoms with Crippen molar-refractivity contribution in [1.29, 1.82) is 0 Å². The molecule has 5 heteroatoms. The highest BCUT2D eigenvalue weighted by molar-refractivity contribution is 5.25. The van der Waals surface area contributed by atoms with Crippen molar-refractivity contribution in [2.45, 2.75) is 25.4 Å². The Kier molecular flexibility index (Phi) is 4.14. The van der Waals surface area contributed by atoms with Gasteiger partial charge in [-0.05, 0) is 11.6 Å². The number of hydrogen-bond acceptors (Lipinski definition) is 1. The third kappa shape index (κ3) is 4.34. The fourth-order valence-corrected chi connectivity index (χ4v) is 1.62. The quantitative estimate of drug-likeness (QED) is 0.808. The molecule has 1 aromatic rings. The molecular weight excluding hydrogens is 234 g/mol. The molecule has 0 saturated carbocycles. The molecule has 0 aromatic heterocycles. The Hall–Kier alpha value is -1.10. The van der Waals surface area contributed by atoms with Crippen LogP contribution in [0.2, 0.25) is 0 Å². The monoisotopic (exact) mass is 249 g/mol. The van der Waals surface area contributed by atoms with Crippen LogP contribution in [-0.4, -0.2) is 19.3 Å². The molecule has 0 spiro atoms. The van der Waals surface area contributed by atoms with E-state index in [1.165, 1.54) is 6.07 Å². The molecular formula is C12H15F4N. The first-order chi connectivity index (χ1) is 7.72. The van der Waals surface area contributed by atoms with Gasteiger partial charge in [-0.15, -0.1) is 0 Å². The lowest BCUT2D eigenvalue weighted by atomic mass is 9.84. The molecule has 1 N–H and O–H groups in total. The zero-order valence-electron chi connectivity index (χ0n) is 9.74. The molecule has 0 atom stereocenters. The highest BCUT2D eigenvalue weighted by atomic mass is 19.4. The third-order valence-corrected chi connectivity index (χ3v) is 2.50. The van der Waals surface area contributed by atoms with Crippen molar-refractivity contribution in [2.24, 2.45) is 0 Å². The first-order valence-corrected chi connectivity index (χ1v) is 5.25. The van der Waals surface area contributed by atoms with E-state index in [1.807, 2.05) is 0 Å². The minimum absolute atomic E-state index is 0.0629. The van der Waals surface area contributed by atoms with Crippen LogP contribution in [0.4, 0.5) is 17.6 Å². The minimum atomic E-state index is -4.24. The van der Waals surface area contributed by atoms with Gasteiger partial charge < -0.3 is 5.32 Å². The van der Waals surface area contributed by atoms with Crippen molar-refractivity contribution in [3.05, 3.63) is 35.6 Å². The molecule has 1 nitrogen and oxygen atoms in total. The highest BCUT2D eigenvalue weighted by Crippen LogP contribution is 2.25. The summed E-state index contributed by atoms with van der Waals surface area (Å²) < 4.78 is 49.4. The number of alkyl halides is 3. The zero-order chi connectivity index (χ0) is 13.1. The van der Waals surface area contributed by atoms with E-state index in [-0.39, 0.29) is 6.54 Å². The summed E-state index contributed by atoms with van der Waals surface area (Å²) in [7, 11) is 0. The molecule has 0 aliphatic heterocycles. The van der Waals surface area contributed by atoms with E-state index in [9.17, 15) is 17.6 Å². The molecule has 0 fully saturated rings. The highest BCUT2D eigenvalue weighted by Gasteiger charge is 2.29. The maximum absolute atomic E-state index is 13.5. The molecule has 0 aliphatic rings. The maximum atomic E-state index is 13.5. The van der Waals surface area contributed by atoms with E-state index in [4.69, 9.17) is 0 Å². The summed E-state index contributed by atoms with van der Waals surface area (Å²) in [6.45, 7) is 2.40. The summed E-state index contributed by atoms with van der Waals surface area (Å²) in [5, 5.41) is 2.30. The Bertz CT molecular complexity index is 371. The predicted molar refractivity (Wildman–Crippen MR) is 58.4 cm³/mol. The second kappa shape index (κ2) is 5.04. The van der Waals surface area contributed by atoms with Crippen molar-refractivity contribution >= 4 is 0 Å². The molecule has 1 rings (SSSR count). The first kappa shape index (κ1) is 14.0. The van der Waals surface area contributed by atoms with Gasteiger partial charge in [0, 0.05) is 12.0 Å². The van der Waals surface area contributed by atoms with Crippen LogP contribution in [0.25, 0.3) is 0 Å². The lowest BCUT2D eigenvalue weighted by molar-refractivity contribution is -0.125. The van der Waals surface area contributed by atoms with Gasteiger partial charge in [0.05, 0.1) is 6.54 Å². The smallest absolute Gasteiger partial charge is 0.308 e. The van der Waals surface area contributed by atoms with Crippen molar-refractivity contribution in [2.75, 3.05) is 13.1 Å². The topological polar surface area (TPSA) is 12.0 Å². The minimum Gasteiger partial charge on any atom is -0.308 e. The number of rotatable bonds is 4. The number of benzene rings is 1. The van der Waals surface area contributed by atoms with Gasteiger partial charge in [0.25, 0.3) is 0 Å². The second-order valence-corrected chi connectivity index (χ2v) is 4.58. The standard InChI is InChI=1S/C12H15F4N/c1-11(2,7-17-8-12(14,15)16)9-5-3-4-6-10(9)13/h3-6,17H,7-8H2,1-2H3. The van der Waals surface area contributed by atoms with Crippen LogP contribution in [0.5, 0.6) is 0 Å². The lowest BCUT2D eigenvalue weighted by Gasteiger charge is -2.26. The summed E-state index contributed by atoms with van der Waals surface area (Å²) in [6.07, 6.45) is -4.24. The number of hydrogen-bond donors (Lipinski definition) is 1. The van der Waals surface area contributed by atoms with Gasteiger partial charge in [-0.3, -0.25) is 0 Å². The largest absolute Gasteiger partial charge is 0.401 e. The molecule has 0 unspecified atom stereocenters. The Labute approximate surface area is 97.8 Å². The average Bonchev–Trinajstić information content (AvgIpc) is 2.15. The Morgan fingerprint density at radius 1 is 1.06 bits per heavy atom. The molecule has 96 valence electrons. The van der Waals surface area contributed by atoms with Gasteiger partial charge in [-0.25, -0.2) is 4.39 Å². The van der Waals surface area contributed by atoms with E-state index in [2.05, 4.69) is 5.32 Å². The van der Waals surface area contributed by atoms with E-state index in [0.717, 1.165) is 0 Å². The fraction of sp³-hybridized carbons (Fsp3) is 0.500. The number of nitrogens with one attached hydrogen (secondary N) is 1. The molecule has 0 bridgehead atoms. The molecule has 0 aliphatic carbocycles. The zero-order valence-corrected chi connectivity index (χ0v) is 9.74. The maximum Gasteiger partial charge on any atom is 0.401 e. The van der Waals surface area contributed by atoms with Crippen molar-refractivity contribution in [1.82, 2.24) is 5.32 Å². The first-order valence-electron chi connectivity index (χ1n) is 5.25. The molecule has 17 heavy (non-hydrogen) atoms. The van der Waals surface area contributed by atoms with Gasteiger partial charge >= 0.3 is 6.18 Å². The Morgan fingerprint density at radius 3 is 2.18 bits per heavy atom. The Morgan fingerprint density at radius 2 is 1.65 bits per heavy atom. The molecule has 1 aromatic carbocycles. The van der Waals surface area contributed by atoms with Gasteiger partial charge in [0.1, 0.15) is 5.82 Å². The van der Waals surface area contributed by atoms with Crippen molar-refractivity contribution in [3.63, 3.8) is 0 Å². The summed E-state index contributed by atoms with van der Waals surface area (Å²) in [4.78, 5) is 0. The van der Waals surface area contributed by atoms with Gasteiger partial charge in [-0.1, -0.05) is 32.0 Å². The van der Waals surface area contributed by atoms with Crippen LogP contribution >= 0.6 is 0 Å². The fourth-order valence-electron chi connectivity index (χ4n) is 1.62. The van der Waals surface area contributed by atoms with Crippen LogP contribution in [0.3, 0.4) is 0 Å². The van der Waals surface area contributed by atoms with Gasteiger partial charge in [-0.2, -0.15) is 13.2 Å². The van der Waals surface area contributed by atoms with Crippen molar-refractivity contribution in [3.8, 4) is 0 Å². The third-order valence-electron chi connectivity index (χ3n) is 2.50. The summed E-state index contributed by atoms with van der Waals surface area (Å²) >= 11 is 0. The van der Waals surface area contributed by atoms with Crippen LogP contribution in [0.1, 0.15) is 19.4 Å². The van der Waals surface area contributed by atoms with Crippen molar-refractivity contribution < 1.29 is 17.6 Å². The van der Waals surface area contributed by atoms with E-state index >= 15 is 0 Å².